The highest BCUT2D eigenvalue weighted by Crippen LogP contribution is 2.33. The second kappa shape index (κ2) is 9.01. The van der Waals surface area contributed by atoms with Gasteiger partial charge >= 0.3 is 12.1 Å². The molecule has 1 aromatic rings. The first-order valence-corrected chi connectivity index (χ1v) is 10.8. The predicted molar refractivity (Wildman–Crippen MR) is 99.9 cm³/mol. The number of carbonyl (C=O) groups is 1. The molecule has 0 bridgehead atoms. The van der Waals surface area contributed by atoms with Gasteiger partial charge in [0, 0.05) is 13.6 Å². The van der Waals surface area contributed by atoms with Gasteiger partial charge in [0.2, 0.25) is 10.0 Å². The Morgan fingerprint density at radius 3 is 2.41 bits per heavy atom. The van der Waals surface area contributed by atoms with E-state index in [-0.39, 0.29) is 37.0 Å². The molecule has 1 aliphatic rings. The van der Waals surface area contributed by atoms with Gasteiger partial charge in [0.15, 0.2) is 0 Å². The number of halogens is 3. The fraction of sp³-hybridized carbons (Fsp3) is 0.632. The molecule has 0 spiro atoms. The van der Waals surface area contributed by atoms with Crippen LogP contribution in [-0.4, -0.2) is 50.1 Å². The highest BCUT2D eigenvalue weighted by molar-refractivity contribution is 7.89. The van der Waals surface area contributed by atoms with Gasteiger partial charge in [0.25, 0.3) is 0 Å². The summed E-state index contributed by atoms with van der Waals surface area (Å²) in [6.45, 7) is 4.21. The molecule has 1 aliphatic heterocycles. The summed E-state index contributed by atoms with van der Waals surface area (Å²) in [6.07, 6.45) is -4.41. The quantitative estimate of drug-likeness (QED) is 0.567. The molecular weight excluding hydrogens is 411 g/mol. The van der Waals surface area contributed by atoms with E-state index in [0.29, 0.717) is 19.1 Å². The Bertz CT molecular complexity index is 835. The van der Waals surface area contributed by atoms with Crippen LogP contribution in [-0.2, 0) is 32.2 Å². The predicted octanol–water partition coefficient (Wildman–Crippen LogP) is 3.40. The maximum atomic E-state index is 13.3. The van der Waals surface area contributed by atoms with Crippen LogP contribution in [0.2, 0.25) is 0 Å². The maximum absolute atomic E-state index is 13.3. The number of alkyl halides is 3. The van der Waals surface area contributed by atoms with Crippen molar-refractivity contribution in [3.8, 4) is 0 Å². The lowest BCUT2D eigenvalue weighted by molar-refractivity contribution is -0.142. The number of benzene rings is 1. The van der Waals surface area contributed by atoms with Crippen LogP contribution in [0.25, 0.3) is 0 Å². The maximum Gasteiger partial charge on any atom is 0.416 e. The monoisotopic (exact) mass is 437 g/mol. The Kier molecular flexibility index (Phi) is 7.34. The van der Waals surface area contributed by atoms with Gasteiger partial charge in [-0.15, -0.1) is 0 Å². The van der Waals surface area contributed by atoms with Crippen LogP contribution in [0.3, 0.4) is 0 Å². The SMILES string of the molecule is CC(C)C[C@H](CCc1cc(C(F)(F)F)cc(S(=O)(=O)N(C)CC2CO2)c1)C(=O)O. The summed E-state index contributed by atoms with van der Waals surface area (Å²) in [6, 6.07) is 2.70. The minimum atomic E-state index is -4.72. The van der Waals surface area contributed by atoms with E-state index in [2.05, 4.69) is 0 Å². The van der Waals surface area contributed by atoms with Crippen molar-refractivity contribution in [1.82, 2.24) is 4.31 Å². The van der Waals surface area contributed by atoms with E-state index in [0.717, 1.165) is 10.4 Å². The van der Waals surface area contributed by atoms with Crippen molar-refractivity contribution in [2.75, 3.05) is 20.2 Å². The van der Waals surface area contributed by atoms with Crippen molar-refractivity contribution in [2.45, 2.75) is 50.3 Å². The number of carboxylic acid groups (broad SMARTS) is 1. The molecule has 10 heteroatoms. The fourth-order valence-corrected chi connectivity index (χ4v) is 4.41. The van der Waals surface area contributed by atoms with Gasteiger partial charge in [0.05, 0.1) is 29.1 Å². The first kappa shape index (κ1) is 23.6. The van der Waals surface area contributed by atoms with Gasteiger partial charge in [-0.3, -0.25) is 4.79 Å². The zero-order valence-electron chi connectivity index (χ0n) is 16.6. The number of epoxide rings is 1. The van der Waals surface area contributed by atoms with Crippen molar-refractivity contribution in [1.29, 1.82) is 0 Å². The molecule has 1 N–H and O–H groups in total. The molecular formula is C19H26F3NO5S. The Hall–Kier alpha value is -1.65. The summed E-state index contributed by atoms with van der Waals surface area (Å²) in [5, 5.41) is 9.34. The van der Waals surface area contributed by atoms with Crippen LogP contribution in [0, 0.1) is 11.8 Å². The third kappa shape index (κ3) is 6.68. The van der Waals surface area contributed by atoms with Crippen LogP contribution >= 0.6 is 0 Å². The first-order chi connectivity index (χ1) is 13.3. The molecule has 1 fully saturated rings. The standard InChI is InChI=1S/C19H26F3NO5S/c1-12(2)6-14(18(24)25)5-4-13-7-15(19(20,21)22)9-17(8-13)29(26,27)23(3)10-16-11-28-16/h7-9,12,14,16H,4-6,10-11H2,1-3H3,(H,24,25)/t14-,16?/m0/s1. The van der Waals surface area contributed by atoms with Crippen molar-refractivity contribution >= 4 is 16.0 Å². The third-order valence-electron chi connectivity index (χ3n) is 4.75. The lowest BCUT2D eigenvalue weighted by atomic mass is 9.91. The molecule has 1 saturated heterocycles. The summed E-state index contributed by atoms with van der Waals surface area (Å²) in [5.74, 6) is -1.60. The largest absolute Gasteiger partial charge is 0.481 e. The van der Waals surface area contributed by atoms with Gasteiger partial charge in [-0.2, -0.15) is 17.5 Å². The normalized spacial score (nSPS) is 18.3. The molecule has 1 aromatic carbocycles. The summed E-state index contributed by atoms with van der Waals surface area (Å²) < 4.78 is 71.4. The summed E-state index contributed by atoms with van der Waals surface area (Å²) in [5.41, 5.74) is -0.926. The molecule has 6 nitrogen and oxygen atoms in total. The fourth-order valence-electron chi connectivity index (χ4n) is 3.11. The van der Waals surface area contributed by atoms with E-state index in [1.165, 1.54) is 13.1 Å². The number of hydrogen-bond donors (Lipinski definition) is 1. The van der Waals surface area contributed by atoms with Gasteiger partial charge < -0.3 is 9.84 Å². The second-order valence-corrected chi connectivity index (χ2v) is 9.85. The van der Waals surface area contributed by atoms with E-state index >= 15 is 0 Å². The molecule has 164 valence electrons. The molecule has 0 saturated carbocycles. The number of likely N-dealkylation sites (N-methyl/N-ethyl adjacent to an activating group) is 1. The second-order valence-electron chi connectivity index (χ2n) is 7.81. The lowest BCUT2D eigenvalue weighted by Gasteiger charge is -2.19. The molecule has 0 aliphatic carbocycles. The van der Waals surface area contributed by atoms with Gasteiger partial charge in [-0.25, -0.2) is 8.42 Å². The van der Waals surface area contributed by atoms with Crippen molar-refractivity contribution in [2.24, 2.45) is 11.8 Å². The Morgan fingerprint density at radius 1 is 1.31 bits per heavy atom. The number of nitrogens with zero attached hydrogens (tertiary/aromatic N) is 1. The van der Waals surface area contributed by atoms with Crippen LogP contribution in [0.5, 0.6) is 0 Å². The summed E-state index contributed by atoms with van der Waals surface area (Å²) in [4.78, 5) is 11.0. The Labute approximate surface area is 168 Å². The average molecular weight is 437 g/mol. The number of sulfonamides is 1. The molecule has 0 aromatic heterocycles. The van der Waals surface area contributed by atoms with Crippen molar-refractivity contribution in [3.05, 3.63) is 29.3 Å². The molecule has 0 amide bonds. The number of aliphatic carboxylic acids is 1. The topological polar surface area (TPSA) is 87.2 Å². The summed E-state index contributed by atoms with van der Waals surface area (Å²) in [7, 11) is -2.84. The van der Waals surface area contributed by atoms with E-state index < -0.39 is 38.5 Å². The number of aryl methyl sites for hydroxylation is 1. The van der Waals surface area contributed by atoms with Crippen LogP contribution in [0.4, 0.5) is 13.2 Å². The first-order valence-electron chi connectivity index (χ1n) is 9.32. The van der Waals surface area contributed by atoms with Gasteiger partial charge in [-0.05, 0) is 48.9 Å². The molecule has 2 rings (SSSR count). The van der Waals surface area contributed by atoms with Crippen molar-refractivity contribution in [3.63, 3.8) is 0 Å². The molecule has 29 heavy (non-hydrogen) atoms. The number of carboxylic acids is 1. The number of ether oxygens (including phenoxy) is 1. The van der Waals surface area contributed by atoms with Crippen molar-refractivity contribution < 1.29 is 36.2 Å². The number of hydrogen-bond acceptors (Lipinski definition) is 4. The molecule has 2 atom stereocenters. The highest BCUT2D eigenvalue weighted by atomic mass is 32.2. The van der Waals surface area contributed by atoms with Gasteiger partial charge in [0.1, 0.15) is 0 Å². The third-order valence-corrected chi connectivity index (χ3v) is 6.55. The van der Waals surface area contributed by atoms with E-state index in [9.17, 15) is 31.5 Å². The Morgan fingerprint density at radius 2 is 1.93 bits per heavy atom. The molecule has 1 heterocycles. The van der Waals surface area contributed by atoms with E-state index in [1.54, 1.807) is 0 Å². The average Bonchev–Trinajstić information content (AvgIpc) is 3.40. The van der Waals surface area contributed by atoms with Crippen LogP contribution in [0.1, 0.15) is 37.8 Å². The van der Waals surface area contributed by atoms with E-state index in [4.69, 9.17) is 4.74 Å². The zero-order chi connectivity index (χ0) is 22.0. The highest BCUT2D eigenvalue weighted by Gasteiger charge is 2.35. The molecule has 0 radical (unpaired) electrons. The number of rotatable bonds is 10. The smallest absolute Gasteiger partial charge is 0.416 e. The lowest BCUT2D eigenvalue weighted by Crippen LogP contribution is -2.31. The minimum absolute atomic E-state index is 0.0333. The summed E-state index contributed by atoms with van der Waals surface area (Å²) >= 11 is 0. The molecule has 1 unspecified atom stereocenters. The van der Waals surface area contributed by atoms with Crippen LogP contribution < -0.4 is 0 Å². The van der Waals surface area contributed by atoms with E-state index in [1.807, 2.05) is 13.8 Å². The Balaban J connectivity index is 2.32. The van der Waals surface area contributed by atoms with Crippen LogP contribution in [0.15, 0.2) is 23.1 Å². The zero-order valence-corrected chi connectivity index (χ0v) is 17.4. The minimum Gasteiger partial charge on any atom is -0.481 e. The van der Waals surface area contributed by atoms with Gasteiger partial charge in [-0.1, -0.05) is 13.8 Å².